The summed E-state index contributed by atoms with van der Waals surface area (Å²) in [5.74, 6) is 1.62. The maximum Gasteiger partial charge on any atom is 0.191 e. The van der Waals surface area contributed by atoms with E-state index in [4.69, 9.17) is 9.47 Å². The zero-order chi connectivity index (χ0) is 21.9. The molecule has 0 aliphatic heterocycles. The predicted octanol–water partition coefficient (Wildman–Crippen LogP) is 4.08. The number of nitrogens with zero attached hydrogens (tertiary/aromatic N) is 3. The molecule has 1 heterocycles. The molecule has 0 aliphatic rings. The van der Waals surface area contributed by atoms with Crippen LogP contribution in [0.25, 0.3) is 5.69 Å². The Labute approximate surface area is 207 Å². The summed E-state index contributed by atoms with van der Waals surface area (Å²) in [6.45, 7) is 4.62. The number of methoxy groups -OCH3 is 1. The molecule has 0 bridgehead atoms. The molecular formula is C24H32IN5O2. The van der Waals surface area contributed by atoms with Crippen molar-refractivity contribution in [1.29, 1.82) is 0 Å². The second-order valence-electron chi connectivity index (χ2n) is 7.16. The van der Waals surface area contributed by atoms with Crippen molar-refractivity contribution in [2.45, 2.75) is 26.4 Å². The Bertz CT molecular complexity index is 976. The maximum atomic E-state index is 5.98. The summed E-state index contributed by atoms with van der Waals surface area (Å²) in [4.78, 5) is 4.36. The van der Waals surface area contributed by atoms with Crippen LogP contribution in [0, 0.1) is 6.92 Å². The van der Waals surface area contributed by atoms with Crippen molar-refractivity contribution in [2.24, 2.45) is 4.99 Å². The lowest BCUT2D eigenvalue weighted by molar-refractivity contribution is 0.171. The second kappa shape index (κ2) is 13.7. The minimum atomic E-state index is 0. The number of para-hydroxylation sites is 1. The van der Waals surface area contributed by atoms with Crippen LogP contribution in [0.2, 0.25) is 0 Å². The minimum absolute atomic E-state index is 0. The van der Waals surface area contributed by atoms with Crippen LogP contribution in [-0.2, 0) is 17.8 Å². The molecule has 0 fully saturated rings. The van der Waals surface area contributed by atoms with Gasteiger partial charge in [-0.25, -0.2) is 4.68 Å². The average Bonchev–Trinajstić information content (AvgIpc) is 3.33. The van der Waals surface area contributed by atoms with Crippen molar-refractivity contribution in [3.05, 3.63) is 77.6 Å². The highest BCUT2D eigenvalue weighted by atomic mass is 127. The summed E-state index contributed by atoms with van der Waals surface area (Å²) in [5.41, 5.74) is 4.43. The Hall–Kier alpha value is -2.59. The summed E-state index contributed by atoms with van der Waals surface area (Å²) < 4.78 is 13.0. The second-order valence-corrected chi connectivity index (χ2v) is 7.16. The molecule has 7 nitrogen and oxygen atoms in total. The smallest absolute Gasteiger partial charge is 0.191 e. The first-order valence-corrected chi connectivity index (χ1v) is 10.4. The fraction of sp³-hybridized carbons (Fsp3) is 0.333. The molecule has 2 N–H and O–H groups in total. The Balaban J connectivity index is 0.00000363. The van der Waals surface area contributed by atoms with E-state index in [0.29, 0.717) is 26.3 Å². The fourth-order valence-electron chi connectivity index (χ4n) is 3.20. The van der Waals surface area contributed by atoms with Crippen LogP contribution in [0.1, 0.15) is 23.1 Å². The first-order chi connectivity index (χ1) is 15.2. The minimum Gasteiger partial charge on any atom is -0.493 e. The zero-order valence-corrected chi connectivity index (χ0v) is 21.2. The van der Waals surface area contributed by atoms with Crippen LogP contribution < -0.4 is 15.4 Å². The highest BCUT2D eigenvalue weighted by Gasteiger charge is 2.08. The summed E-state index contributed by atoms with van der Waals surface area (Å²) >= 11 is 0. The lowest BCUT2D eigenvalue weighted by atomic mass is 10.1. The van der Waals surface area contributed by atoms with Gasteiger partial charge in [-0.2, -0.15) is 5.10 Å². The van der Waals surface area contributed by atoms with Gasteiger partial charge in [0.25, 0.3) is 0 Å². The number of aryl methyl sites for hydroxylation is 1. The Morgan fingerprint density at radius 1 is 1.03 bits per heavy atom. The van der Waals surface area contributed by atoms with Crippen molar-refractivity contribution < 1.29 is 9.47 Å². The monoisotopic (exact) mass is 549 g/mol. The van der Waals surface area contributed by atoms with Crippen molar-refractivity contribution >= 4 is 29.9 Å². The number of hydrogen-bond acceptors (Lipinski definition) is 4. The van der Waals surface area contributed by atoms with Crippen LogP contribution in [0.4, 0.5) is 0 Å². The van der Waals surface area contributed by atoms with E-state index in [1.54, 1.807) is 20.4 Å². The van der Waals surface area contributed by atoms with Crippen LogP contribution in [0.3, 0.4) is 0 Å². The summed E-state index contributed by atoms with van der Waals surface area (Å²) in [6.07, 6.45) is 4.58. The van der Waals surface area contributed by atoms with E-state index in [9.17, 15) is 0 Å². The van der Waals surface area contributed by atoms with E-state index in [1.807, 2.05) is 29.1 Å². The largest absolute Gasteiger partial charge is 0.493 e. The molecule has 1 aromatic heterocycles. The van der Waals surface area contributed by atoms with Gasteiger partial charge in [-0.1, -0.05) is 30.3 Å². The molecule has 0 aliphatic carbocycles. The van der Waals surface area contributed by atoms with E-state index >= 15 is 0 Å². The number of hydrogen-bond donors (Lipinski definition) is 2. The number of rotatable bonds is 10. The van der Waals surface area contributed by atoms with E-state index < -0.39 is 0 Å². The molecule has 3 rings (SSSR count). The molecule has 8 heteroatoms. The third-order valence-corrected chi connectivity index (χ3v) is 4.83. The summed E-state index contributed by atoms with van der Waals surface area (Å²) in [5, 5.41) is 11.1. The molecule has 2 aromatic carbocycles. The van der Waals surface area contributed by atoms with Crippen molar-refractivity contribution in [3.63, 3.8) is 0 Å². The molecule has 0 saturated heterocycles. The number of aromatic nitrogens is 2. The molecule has 0 spiro atoms. The zero-order valence-electron chi connectivity index (χ0n) is 18.9. The van der Waals surface area contributed by atoms with Gasteiger partial charge in [0.05, 0.1) is 12.3 Å². The van der Waals surface area contributed by atoms with Gasteiger partial charge in [0, 0.05) is 58.2 Å². The number of nitrogens with one attached hydrogen (secondary N) is 2. The lowest BCUT2D eigenvalue weighted by Gasteiger charge is -2.16. The lowest BCUT2D eigenvalue weighted by Crippen LogP contribution is -2.36. The number of halogens is 1. The van der Waals surface area contributed by atoms with Crippen molar-refractivity contribution in [3.8, 4) is 11.4 Å². The fourth-order valence-corrected chi connectivity index (χ4v) is 3.20. The third-order valence-electron chi connectivity index (χ3n) is 4.83. The first kappa shape index (κ1) is 25.7. The predicted molar refractivity (Wildman–Crippen MR) is 139 cm³/mol. The molecular weight excluding hydrogens is 517 g/mol. The highest BCUT2D eigenvalue weighted by Crippen LogP contribution is 2.20. The molecule has 0 saturated carbocycles. The molecule has 0 unspecified atom stereocenters. The third kappa shape index (κ3) is 7.52. The average molecular weight is 549 g/mol. The summed E-state index contributed by atoms with van der Waals surface area (Å²) in [6, 6.07) is 16.4. The Kier molecular flexibility index (Phi) is 11.0. The van der Waals surface area contributed by atoms with Crippen LogP contribution in [0.5, 0.6) is 5.75 Å². The number of benzene rings is 2. The highest BCUT2D eigenvalue weighted by molar-refractivity contribution is 14.0. The van der Waals surface area contributed by atoms with Gasteiger partial charge in [-0.05, 0) is 36.2 Å². The molecule has 0 atom stereocenters. The van der Waals surface area contributed by atoms with Crippen molar-refractivity contribution in [1.82, 2.24) is 20.4 Å². The number of ether oxygens (including phenoxy) is 2. The van der Waals surface area contributed by atoms with Gasteiger partial charge in [-0.15, -0.1) is 24.0 Å². The van der Waals surface area contributed by atoms with Crippen LogP contribution >= 0.6 is 24.0 Å². The van der Waals surface area contributed by atoms with Gasteiger partial charge in [0.2, 0.25) is 0 Å². The standard InChI is InChI=1S/C24H31N5O2.HI/c1-19-10-11-21(23(16-19)31-15-7-14-30-3)18-27-24(25-2)26-17-20-8-4-5-9-22(20)29-13-6-12-28-29;/h4-6,8-13,16H,7,14-15,17-18H2,1-3H3,(H2,25,26,27);1H. The normalized spacial score (nSPS) is 11.0. The molecule has 3 aromatic rings. The van der Waals surface area contributed by atoms with Gasteiger partial charge < -0.3 is 20.1 Å². The van der Waals surface area contributed by atoms with E-state index in [0.717, 1.165) is 34.9 Å². The van der Waals surface area contributed by atoms with E-state index in [2.05, 4.69) is 58.0 Å². The number of aliphatic imine (C=N–C) groups is 1. The van der Waals surface area contributed by atoms with Crippen LogP contribution in [-0.4, -0.2) is 43.1 Å². The van der Waals surface area contributed by atoms with E-state index in [1.165, 1.54) is 5.56 Å². The van der Waals surface area contributed by atoms with Gasteiger partial charge >= 0.3 is 0 Å². The van der Waals surface area contributed by atoms with Gasteiger partial charge in [0.1, 0.15) is 5.75 Å². The molecule has 0 radical (unpaired) electrons. The molecule has 32 heavy (non-hydrogen) atoms. The number of guanidine groups is 1. The van der Waals surface area contributed by atoms with Gasteiger partial charge in [-0.3, -0.25) is 4.99 Å². The van der Waals surface area contributed by atoms with E-state index in [-0.39, 0.29) is 24.0 Å². The first-order valence-electron chi connectivity index (χ1n) is 10.4. The molecule has 0 amide bonds. The van der Waals surface area contributed by atoms with Gasteiger partial charge in [0.15, 0.2) is 5.96 Å². The summed E-state index contributed by atoms with van der Waals surface area (Å²) in [7, 11) is 3.47. The SMILES string of the molecule is CN=C(NCc1ccc(C)cc1OCCCOC)NCc1ccccc1-n1cccn1.I. The molecule has 172 valence electrons. The van der Waals surface area contributed by atoms with Crippen LogP contribution in [0.15, 0.2) is 65.9 Å². The quantitative estimate of drug-likeness (QED) is 0.173. The topological polar surface area (TPSA) is 72.7 Å². The Morgan fingerprint density at radius 3 is 2.53 bits per heavy atom. The van der Waals surface area contributed by atoms with Crippen molar-refractivity contribution in [2.75, 3.05) is 27.4 Å². The Morgan fingerprint density at radius 2 is 1.81 bits per heavy atom. The maximum absolute atomic E-state index is 5.98.